The van der Waals surface area contributed by atoms with E-state index in [1.165, 1.54) is 11.0 Å². The Bertz CT molecular complexity index is 1120. The number of nitrogens with zero attached hydrogens (tertiary/aromatic N) is 2. The van der Waals surface area contributed by atoms with Crippen molar-refractivity contribution in [3.63, 3.8) is 0 Å². The van der Waals surface area contributed by atoms with E-state index in [1.807, 2.05) is 45.0 Å². The first-order valence-electron chi connectivity index (χ1n) is 10.8. The zero-order chi connectivity index (χ0) is 25.6. The first-order chi connectivity index (χ1) is 15.8. The van der Waals surface area contributed by atoms with Gasteiger partial charge in [-0.1, -0.05) is 55.3 Å². The van der Waals surface area contributed by atoms with Gasteiger partial charge in [0.1, 0.15) is 18.4 Å². The molecule has 0 aromatic heterocycles. The van der Waals surface area contributed by atoms with Crippen LogP contribution in [0.4, 0.5) is 10.1 Å². The fourth-order valence-corrected chi connectivity index (χ4v) is 4.20. The van der Waals surface area contributed by atoms with E-state index in [-0.39, 0.29) is 29.1 Å². The lowest BCUT2D eigenvalue weighted by Gasteiger charge is -2.31. The fourth-order valence-electron chi connectivity index (χ4n) is 3.18. The van der Waals surface area contributed by atoms with Crippen LogP contribution in [-0.4, -0.2) is 50.5 Å². The van der Waals surface area contributed by atoms with E-state index in [2.05, 4.69) is 5.32 Å². The SMILES string of the molecule is Cc1ccc(CN(C(=O)CN(c2ccc(F)c(Cl)c2)S(C)(=O)=O)C(C)C(=O)NCC(C)C)cc1. The number of hydrogen-bond donors (Lipinski definition) is 1. The van der Waals surface area contributed by atoms with E-state index in [1.54, 1.807) is 6.92 Å². The maximum absolute atomic E-state index is 13.6. The standard InChI is InChI=1S/C24H31ClFN3O4S/c1-16(2)13-27-24(31)18(4)28(14-19-8-6-17(3)7-9-19)23(30)15-29(34(5,32)33)20-10-11-22(26)21(25)12-20/h6-12,16,18H,13-15H2,1-5H3,(H,27,31). The van der Waals surface area contributed by atoms with Gasteiger partial charge in [0.05, 0.1) is 17.0 Å². The summed E-state index contributed by atoms with van der Waals surface area (Å²) in [6, 6.07) is 10.0. The maximum atomic E-state index is 13.6. The summed E-state index contributed by atoms with van der Waals surface area (Å²) in [6.07, 6.45) is 0.945. The quantitative estimate of drug-likeness (QED) is 0.526. The summed E-state index contributed by atoms with van der Waals surface area (Å²) in [4.78, 5) is 27.5. The number of nitrogens with one attached hydrogen (secondary N) is 1. The van der Waals surface area contributed by atoms with Crippen molar-refractivity contribution in [1.82, 2.24) is 10.2 Å². The number of amides is 2. The highest BCUT2D eigenvalue weighted by Gasteiger charge is 2.30. The molecule has 2 rings (SSSR count). The Hall–Kier alpha value is -2.65. The van der Waals surface area contributed by atoms with E-state index in [0.717, 1.165) is 33.8 Å². The van der Waals surface area contributed by atoms with Gasteiger partial charge in [0.15, 0.2) is 0 Å². The molecule has 0 bridgehead atoms. The van der Waals surface area contributed by atoms with Crippen LogP contribution in [-0.2, 0) is 26.2 Å². The average Bonchev–Trinajstić information content (AvgIpc) is 2.76. The molecule has 0 spiro atoms. The Balaban J connectivity index is 2.37. The summed E-state index contributed by atoms with van der Waals surface area (Å²) in [5.74, 6) is -1.41. The van der Waals surface area contributed by atoms with Gasteiger partial charge >= 0.3 is 0 Å². The van der Waals surface area contributed by atoms with Crippen molar-refractivity contribution >= 4 is 39.1 Å². The zero-order valence-electron chi connectivity index (χ0n) is 20.0. The number of benzene rings is 2. The topological polar surface area (TPSA) is 86.8 Å². The van der Waals surface area contributed by atoms with Gasteiger partial charge in [0.25, 0.3) is 0 Å². The van der Waals surface area contributed by atoms with Crippen LogP contribution < -0.4 is 9.62 Å². The van der Waals surface area contributed by atoms with E-state index >= 15 is 0 Å². The molecule has 0 radical (unpaired) electrons. The minimum absolute atomic E-state index is 0.0504. The van der Waals surface area contributed by atoms with Gasteiger partial charge in [-0.15, -0.1) is 0 Å². The van der Waals surface area contributed by atoms with Crippen LogP contribution in [0.2, 0.25) is 5.02 Å². The van der Waals surface area contributed by atoms with Crippen molar-refractivity contribution in [3.05, 3.63) is 64.4 Å². The predicted molar refractivity (Wildman–Crippen MR) is 133 cm³/mol. The Kier molecular flexibility index (Phi) is 9.46. The van der Waals surface area contributed by atoms with Crippen LogP contribution in [0.3, 0.4) is 0 Å². The molecule has 2 amide bonds. The molecule has 2 aromatic rings. The third-order valence-electron chi connectivity index (χ3n) is 5.20. The summed E-state index contributed by atoms with van der Waals surface area (Å²) in [5, 5.41) is 2.55. The number of anilines is 1. The molecular weight excluding hydrogens is 481 g/mol. The molecule has 34 heavy (non-hydrogen) atoms. The number of hydrogen-bond acceptors (Lipinski definition) is 4. The lowest BCUT2D eigenvalue weighted by molar-refractivity contribution is -0.139. The lowest BCUT2D eigenvalue weighted by atomic mass is 10.1. The van der Waals surface area contributed by atoms with Crippen LogP contribution in [0.5, 0.6) is 0 Å². The largest absolute Gasteiger partial charge is 0.354 e. The van der Waals surface area contributed by atoms with Gasteiger partial charge < -0.3 is 10.2 Å². The molecule has 1 N–H and O–H groups in total. The molecule has 10 heteroatoms. The maximum Gasteiger partial charge on any atom is 0.244 e. The molecule has 0 aliphatic heterocycles. The summed E-state index contributed by atoms with van der Waals surface area (Å²) < 4.78 is 39.5. The summed E-state index contributed by atoms with van der Waals surface area (Å²) in [7, 11) is -3.92. The molecule has 7 nitrogen and oxygen atoms in total. The molecule has 186 valence electrons. The predicted octanol–water partition coefficient (Wildman–Crippen LogP) is 3.74. The van der Waals surface area contributed by atoms with Crippen LogP contribution in [0.15, 0.2) is 42.5 Å². The minimum Gasteiger partial charge on any atom is -0.354 e. The average molecular weight is 512 g/mol. The van der Waals surface area contributed by atoms with Gasteiger partial charge in [0.2, 0.25) is 21.8 Å². The summed E-state index contributed by atoms with van der Waals surface area (Å²) in [5.41, 5.74) is 1.88. The molecule has 1 atom stereocenters. The highest BCUT2D eigenvalue weighted by atomic mass is 35.5. The van der Waals surface area contributed by atoms with Crippen molar-refractivity contribution in [3.8, 4) is 0 Å². The number of sulfonamides is 1. The number of carbonyl (C=O) groups is 2. The van der Waals surface area contributed by atoms with Gasteiger partial charge in [-0.3, -0.25) is 13.9 Å². The van der Waals surface area contributed by atoms with Crippen LogP contribution in [0.25, 0.3) is 0 Å². The van der Waals surface area contributed by atoms with E-state index in [9.17, 15) is 22.4 Å². The summed E-state index contributed by atoms with van der Waals surface area (Å²) in [6.45, 7) is 7.43. The number of aryl methyl sites for hydroxylation is 1. The first-order valence-corrected chi connectivity index (χ1v) is 13.1. The number of carbonyl (C=O) groups excluding carboxylic acids is 2. The second-order valence-corrected chi connectivity index (χ2v) is 11.0. The van der Waals surface area contributed by atoms with E-state index in [0.29, 0.717) is 6.54 Å². The Morgan fingerprint density at radius 2 is 1.71 bits per heavy atom. The molecular formula is C24H31ClFN3O4S. The van der Waals surface area contributed by atoms with Crippen LogP contribution >= 0.6 is 11.6 Å². The van der Waals surface area contributed by atoms with Crippen molar-refractivity contribution in [2.75, 3.05) is 23.7 Å². The number of rotatable bonds is 10. The lowest BCUT2D eigenvalue weighted by Crippen LogP contribution is -2.51. The highest BCUT2D eigenvalue weighted by Crippen LogP contribution is 2.25. The third-order valence-corrected chi connectivity index (χ3v) is 6.63. The van der Waals surface area contributed by atoms with Gasteiger partial charge in [-0.25, -0.2) is 12.8 Å². The van der Waals surface area contributed by atoms with Crippen molar-refractivity contribution in [2.24, 2.45) is 5.92 Å². The molecule has 0 aliphatic carbocycles. The van der Waals surface area contributed by atoms with Gasteiger partial charge in [0, 0.05) is 13.1 Å². The van der Waals surface area contributed by atoms with Crippen molar-refractivity contribution in [1.29, 1.82) is 0 Å². The van der Waals surface area contributed by atoms with E-state index in [4.69, 9.17) is 11.6 Å². The second-order valence-electron chi connectivity index (χ2n) is 8.69. The van der Waals surface area contributed by atoms with Crippen molar-refractivity contribution in [2.45, 2.75) is 40.3 Å². The Labute approximate surface area is 205 Å². The normalized spacial score (nSPS) is 12.4. The minimum atomic E-state index is -3.92. The third kappa shape index (κ3) is 7.70. The smallest absolute Gasteiger partial charge is 0.244 e. The Morgan fingerprint density at radius 1 is 1.09 bits per heavy atom. The second kappa shape index (κ2) is 11.7. The fraction of sp³-hybridized carbons (Fsp3) is 0.417. The summed E-state index contributed by atoms with van der Waals surface area (Å²) >= 11 is 5.83. The highest BCUT2D eigenvalue weighted by molar-refractivity contribution is 7.92. The van der Waals surface area contributed by atoms with E-state index < -0.39 is 34.3 Å². The van der Waals surface area contributed by atoms with Crippen LogP contribution in [0, 0.1) is 18.7 Å². The molecule has 0 heterocycles. The molecule has 0 saturated heterocycles. The number of halogens is 2. The first kappa shape index (κ1) is 27.6. The molecule has 0 aliphatic rings. The zero-order valence-corrected chi connectivity index (χ0v) is 21.6. The molecule has 0 fully saturated rings. The molecule has 1 unspecified atom stereocenters. The molecule has 0 saturated carbocycles. The monoisotopic (exact) mass is 511 g/mol. The van der Waals surface area contributed by atoms with Crippen molar-refractivity contribution < 1.29 is 22.4 Å². The molecule has 2 aromatic carbocycles. The Morgan fingerprint density at radius 3 is 2.24 bits per heavy atom. The van der Waals surface area contributed by atoms with Gasteiger partial charge in [-0.2, -0.15) is 0 Å². The van der Waals surface area contributed by atoms with Gasteiger partial charge in [-0.05, 0) is 43.5 Å². The van der Waals surface area contributed by atoms with Crippen LogP contribution in [0.1, 0.15) is 31.9 Å².